The largest absolute Gasteiger partial charge is 0.744 e. The van der Waals surface area contributed by atoms with Crippen LogP contribution in [0, 0.1) is 12.3 Å². The molecule has 7 heteroatoms. The van der Waals surface area contributed by atoms with Crippen molar-refractivity contribution in [1.82, 2.24) is 0 Å². The number of hydrogen-bond acceptors (Lipinski definition) is 5. The molecule has 0 bridgehead atoms. The van der Waals surface area contributed by atoms with Crippen LogP contribution in [0.5, 0.6) is 0 Å². The lowest BCUT2D eigenvalue weighted by atomic mass is 9.92. The smallest absolute Gasteiger partial charge is 0.187 e. The second-order valence-corrected chi connectivity index (χ2v) is 10.9. The van der Waals surface area contributed by atoms with Crippen LogP contribution in [0.2, 0.25) is 0 Å². The molecule has 25 heavy (non-hydrogen) atoms. The van der Waals surface area contributed by atoms with E-state index in [2.05, 4.69) is 0 Å². The number of hydrogen-bond donors (Lipinski definition) is 0. The SMILES string of the molecule is CC(C)(C)C(=O)C[S+]1CCC(=O)CC1.Cc1ccc(S(=O)(=O)[O-])cc1. The van der Waals surface area contributed by atoms with Crippen LogP contribution in [0.15, 0.2) is 29.2 Å². The average molecular weight is 387 g/mol. The third-order valence-electron chi connectivity index (χ3n) is 3.82. The molecule has 1 aromatic rings. The Morgan fingerprint density at radius 3 is 2.00 bits per heavy atom. The number of Topliss-reactive ketones (excluding diaryl/α,β-unsaturated/α-hetero) is 2. The molecule has 1 aliphatic heterocycles. The first-order chi connectivity index (χ1) is 11.4. The molecule has 2 rings (SSSR count). The average Bonchev–Trinajstić information content (AvgIpc) is 2.49. The van der Waals surface area contributed by atoms with Gasteiger partial charge >= 0.3 is 0 Å². The molecule has 0 N–H and O–H groups in total. The van der Waals surface area contributed by atoms with Gasteiger partial charge in [0.1, 0.15) is 27.4 Å². The number of ketones is 2. The van der Waals surface area contributed by atoms with E-state index in [9.17, 15) is 22.6 Å². The lowest BCUT2D eigenvalue weighted by Gasteiger charge is -2.18. The predicted octanol–water partition coefficient (Wildman–Crippen LogP) is 2.48. The molecule has 1 saturated heterocycles. The molecule has 0 aliphatic carbocycles. The van der Waals surface area contributed by atoms with Crippen LogP contribution in [0.3, 0.4) is 0 Å². The van der Waals surface area contributed by atoms with Gasteiger partial charge in [0.2, 0.25) is 0 Å². The van der Waals surface area contributed by atoms with Gasteiger partial charge in [0.05, 0.1) is 17.7 Å². The number of carbonyl (C=O) groups excluding carboxylic acids is 2. The van der Waals surface area contributed by atoms with Crippen molar-refractivity contribution in [2.75, 3.05) is 17.3 Å². The molecule has 1 heterocycles. The van der Waals surface area contributed by atoms with Crippen molar-refractivity contribution in [3.8, 4) is 0 Å². The van der Waals surface area contributed by atoms with Crippen molar-refractivity contribution in [2.24, 2.45) is 5.41 Å². The van der Waals surface area contributed by atoms with E-state index in [0.29, 0.717) is 30.2 Å². The summed E-state index contributed by atoms with van der Waals surface area (Å²) in [7, 11) is -4.08. The maximum absolute atomic E-state index is 11.7. The summed E-state index contributed by atoms with van der Waals surface area (Å²) in [6.07, 6.45) is 1.39. The normalized spacial score (nSPS) is 16.1. The molecule has 0 amide bonds. The number of benzene rings is 1. The Balaban J connectivity index is 0.000000257. The van der Waals surface area contributed by atoms with Crippen molar-refractivity contribution >= 4 is 32.6 Å². The molecule has 0 unspecified atom stereocenters. The van der Waals surface area contributed by atoms with Gasteiger partial charge in [0.25, 0.3) is 0 Å². The van der Waals surface area contributed by atoms with Gasteiger partial charge in [-0.1, -0.05) is 38.5 Å². The van der Waals surface area contributed by atoms with Gasteiger partial charge in [-0.3, -0.25) is 9.59 Å². The van der Waals surface area contributed by atoms with Crippen LogP contribution in [-0.4, -0.2) is 41.8 Å². The van der Waals surface area contributed by atoms with E-state index in [0.717, 1.165) is 17.1 Å². The summed E-state index contributed by atoms with van der Waals surface area (Å²) in [5, 5.41) is 0. The maximum Gasteiger partial charge on any atom is 0.187 e. The predicted molar refractivity (Wildman–Crippen MR) is 99.8 cm³/mol. The monoisotopic (exact) mass is 386 g/mol. The molecule has 0 saturated carbocycles. The highest BCUT2D eigenvalue weighted by Gasteiger charge is 2.33. The van der Waals surface area contributed by atoms with Gasteiger partial charge in [0.15, 0.2) is 11.5 Å². The molecule has 140 valence electrons. The summed E-state index contributed by atoms with van der Waals surface area (Å²) >= 11 is 0. The Kier molecular flexibility index (Phi) is 7.84. The zero-order valence-corrected chi connectivity index (χ0v) is 16.8. The van der Waals surface area contributed by atoms with E-state index in [1.54, 1.807) is 12.1 Å². The third-order valence-corrected chi connectivity index (χ3v) is 6.90. The van der Waals surface area contributed by atoms with Crippen LogP contribution in [0.1, 0.15) is 39.2 Å². The lowest BCUT2D eigenvalue weighted by molar-refractivity contribution is -0.123. The summed E-state index contributed by atoms with van der Waals surface area (Å²) in [6, 6.07) is 5.78. The molecular weight excluding hydrogens is 360 g/mol. The second kappa shape index (κ2) is 8.96. The molecule has 1 aliphatic rings. The highest BCUT2D eigenvalue weighted by Crippen LogP contribution is 2.19. The first kappa shape index (κ1) is 21.9. The first-order valence-electron chi connectivity index (χ1n) is 8.11. The third kappa shape index (κ3) is 8.16. The van der Waals surface area contributed by atoms with Crippen molar-refractivity contribution in [1.29, 1.82) is 0 Å². The van der Waals surface area contributed by atoms with E-state index in [-0.39, 0.29) is 21.2 Å². The summed E-state index contributed by atoms with van der Waals surface area (Å²) in [4.78, 5) is 22.6. The maximum atomic E-state index is 11.7. The number of aryl methyl sites for hydroxylation is 1. The van der Waals surface area contributed by atoms with Gasteiger partial charge in [-0.05, 0) is 30.0 Å². The van der Waals surface area contributed by atoms with Gasteiger partial charge in [0, 0.05) is 5.41 Å². The Morgan fingerprint density at radius 2 is 1.60 bits per heavy atom. The minimum atomic E-state index is -4.27. The van der Waals surface area contributed by atoms with E-state index in [4.69, 9.17) is 0 Å². The highest BCUT2D eigenvalue weighted by atomic mass is 32.2. The van der Waals surface area contributed by atoms with Crippen molar-refractivity contribution < 1.29 is 22.6 Å². The second-order valence-electron chi connectivity index (χ2n) is 7.14. The molecule has 0 spiro atoms. The Bertz CT molecular complexity index is 690. The van der Waals surface area contributed by atoms with Crippen LogP contribution in [0.25, 0.3) is 0 Å². The van der Waals surface area contributed by atoms with E-state index in [1.807, 2.05) is 27.7 Å². The minimum Gasteiger partial charge on any atom is -0.744 e. The summed E-state index contributed by atoms with van der Waals surface area (Å²) in [6.45, 7) is 7.72. The quantitative estimate of drug-likeness (QED) is 0.588. The Morgan fingerprint density at radius 1 is 1.12 bits per heavy atom. The summed E-state index contributed by atoms with van der Waals surface area (Å²) in [5.74, 6) is 3.30. The molecule has 1 aromatic carbocycles. The van der Waals surface area contributed by atoms with Crippen molar-refractivity contribution in [3.63, 3.8) is 0 Å². The van der Waals surface area contributed by atoms with Crippen LogP contribution < -0.4 is 0 Å². The van der Waals surface area contributed by atoms with Crippen LogP contribution in [0.4, 0.5) is 0 Å². The van der Waals surface area contributed by atoms with E-state index in [1.165, 1.54) is 12.1 Å². The number of carbonyl (C=O) groups is 2. The van der Waals surface area contributed by atoms with E-state index >= 15 is 0 Å². The zero-order chi connectivity index (χ0) is 19.3. The minimum absolute atomic E-state index is 0.178. The summed E-state index contributed by atoms with van der Waals surface area (Å²) in [5.41, 5.74) is 0.714. The molecule has 5 nitrogen and oxygen atoms in total. The molecule has 1 fully saturated rings. The van der Waals surface area contributed by atoms with Crippen molar-refractivity contribution in [3.05, 3.63) is 29.8 Å². The molecule has 0 atom stereocenters. The fourth-order valence-corrected chi connectivity index (χ4v) is 4.79. The van der Waals surface area contributed by atoms with E-state index < -0.39 is 10.1 Å². The fourth-order valence-electron chi connectivity index (χ4n) is 1.99. The standard InChI is InChI=1S/C11H19O2S.C7H8O3S/c1-11(2,3)10(13)8-14-6-4-9(12)5-7-14;1-6-2-4-7(5-3-6)11(8,9)10/h4-8H2,1-3H3;2-5H,1H3,(H,8,9,10)/q+1;/p-1. The Labute approximate surface area is 153 Å². The topological polar surface area (TPSA) is 91.3 Å². The fraction of sp³-hybridized carbons (Fsp3) is 0.556. The van der Waals surface area contributed by atoms with Gasteiger partial charge in [-0.2, -0.15) is 0 Å². The lowest BCUT2D eigenvalue weighted by Crippen LogP contribution is -2.34. The van der Waals surface area contributed by atoms with Gasteiger partial charge in [-0.25, -0.2) is 8.42 Å². The van der Waals surface area contributed by atoms with Gasteiger partial charge < -0.3 is 4.55 Å². The van der Waals surface area contributed by atoms with Crippen molar-refractivity contribution in [2.45, 2.75) is 45.4 Å². The molecule has 0 aromatic heterocycles. The van der Waals surface area contributed by atoms with Crippen LogP contribution >= 0.6 is 0 Å². The molecular formula is C18H26O5S2. The van der Waals surface area contributed by atoms with Crippen LogP contribution in [-0.2, 0) is 30.6 Å². The molecule has 0 radical (unpaired) electrons. The van der Waals surface area contributed by atoms with Gasteiger partial charge in [-0.15, -0.1) is 0 Å². The number of rotatable bonds is 3. The zero-order valence-electron chi connectivity index (χ0n) is 15.2. The first-order valence-corrected chi connectivity index (χ1v) is 11.3. The Hall–Kier alpha value is -1.18. The summed E-state index contributed by atoms with van der Waals surface area (Å²) < 4.78 is 31.2. The highest BCUT2D eigenvalue weighted by molar-refractivity contribution is 7.97.